The fourth-order valence-electron chi connectivity index (χ4n) is 4.91. The minimum atomic E-state index is -0.0179. The number of hydrogen-bond acceptors (Lipinski definition) is 3. The molecule has 2 saturated carbocycles. The maximum absolute atomic E-state index is 12.3. The highest BCUT2D eigenvalue weighted by Gasteiger charge is 2.38. The molecule has 0 aromatic carbocycles. The van der Waals surface area contributed by atoms with Crippen molar-refractivity contribution in [3.8, 4) is 0 Å². The van der Waals surface area contributed by atoms with E-state index in [2.05, 4.69) is 15.7 Å². The van der Waals surface area contributed by atoms with Crippen LogP contribution in [0.3, 0.4) is 0 Å². The third-order valence-corrected chi connectivity index (χ3v) is 6.17. The lowest BCUT2D eigenvalue weighted by atomic mass is 9.86. The lowest BCUT2D eigenvalue weighted by Crippen LogP contribution is -2.32. The van der Waals surface area contributed by atoms with E-state index in [1.807, 2.05) is 16.9 Å². The summed E-state index contributed by atoms with van der Waals surface area (Å²) in [6, 6.07) is 2.24. The van der Waals surface area contributed by atoms with Crippen molar-refractivity contribution < 1.29 is 4.79 Å². The predicted octanol–water partition coefficient (Wildman–Crippen LogP) is 2.79. The summed E-state index contributed by atoms with van der Waals surface area (Å²) in [7, 11) is 0. The number of hydrogen-bond donors (Lipinski definition) is 2. The Hall–Kier alpha value is -1.07. The minimum absolute atomic E-state index is 0. The van der Waals surface area contributed by atoms with Crippen molar-refractivity contribution in [3.05, 3.63) is 18.0 Å². The zero-order valence-electron chi connectivity index (χ0n) is 14.2. The zero-order chi connectivity index (χ0) is 15.6. The first-order valence-corrected chi connectivity index (χ1v) is 9.33. The summed E-state index contributed by atoms with van der Waals surface area (Å²) in [6.45, 7) is 2.84. The summed E-state index contributed by atoms with van der Waals surface area (Å²) in [5, 5.41) is 10.9. The highest BCUT2D eigenvalue weighted by atomic mass is 35.5. The van der Waals surface area contributed by atoms with Crippen molar-refractivity contribution in [2.24, 2.45) is 17.8 Å². The quantitative estimate of drug-likeness (QED) is 0.856. The van der Waals surface area contributed by atoms with Gasteiger partial charge in [-0.1, -0.05) is 6.42 Å². The van der Waals surface area contributed by atoms with Crippen LogP contribution < -0.4 is 10.6 Å². The number of aromatic nitrogens is 2. The van der Waals surface area contributed by atoms with E-state index in [0.717, 1.165) is 50.2 Å². The van der Waals surface area contributed by atoms with Crippen LogP contribution in [0, 0.1) is 17.8 Å². The smallest absolute Gasteiger partial charge is 0.271 e. The molecule has 1 aromatic rings. The van der Waals surface area contributed by atoms with Gasteiger partial charge in [0.25, 0.3) is 5.91 Å². The molecule has 24 heavy (non-hydrogen) atoms. The fraction of sp³-hybridized carbons (Fsp3) is 0.778. The van der Waals surface area contributed by atoms with Crippen LogP contribution in [0.2, 0.25) is 0 Å². The maximum Gasteiger partial charge on any atom is 0.271 e. The Balaban J connectivity index is 0.00000169. The molecule has 6 heteroatoms. The molecule has 5 nitrogen and oxygen atoms in total. The van der Waals surface area contributed by atoms with Gasteiger partial charge in [0.1, 0.15) is 5.69 Å². The van der Waals surface area contributed by atoms with Gasteiger partial charge in [0, 0.05) is 19.3 Å². The highest BCUT2D eigenvalue weighted by molar-refractivity contribution is 5.92. The van der Waals surface area contributed by atoms with Crippen LogP contribution in [0.4, 0.5) is 0 Å². The third kappa shape index (κ3) is 3.77. The summed E-state index contributed by atoms with van der Waals surface area (Å²) in [4.78, 5) is 12.3. The van der Waals surface area contributed by atoms with Gasteiger partial charge in [-0.3, -0.25) is 9.48 Å². The normalized spacial score (nSPS) is 31.7. The average molecular weight is 353 g/mol. The SMILES string of the molecule is Cl.O=C(NCCC1CC2CCC1C2)c1ccn(C2CCCNC2)n1. The van der Waals surface area contributed by atoms with E-state index in [9.17, 15) is 4.79 Å². The van der Waals surface area contributed by atoms with Crippen molar-refractivity contribution in [3.63, 3.8) is 0 Å². The second-order valence-electron chi connectivity index (χ2n) is 7.66. The molecule has 2 aliphatic carbocycles. The van der Waals surface area contributed by atoms with E-state index in [-0.39, 0.29) is 18.3 Å². The molecule has 4 unspecified atom stereocenters. The van der Waals surface area contributed by atoms with Crippen molar-refractivity contribution in [1.82, 2.24) is 20.4 Å². The van der Waals surface area contributed by atoms with Gasteiger partial charge >= 0.3 is 0 Å². The van der Waals surface area contributed by atoms with Gasteiger partial charge in [-0.15, -0.1) is 12.4 Å². The Bertz CT molecular complexity index is 555. The molecule has 1 saturated heterocycles. The Labute approximate surface area is 150 Å². The Morgan fingerprint density at radius 3 is 2.96 bits per heavy atom. The highest BCUT2D eigenvalue weighted by Crippen LogP contribution is 2.49. The Morgan fingerprint density at radius 2 is 2.25 bits per heavy atom. The molecule has 2 heterocycles. The van der Waals surface area contributed by atoms with E-state index >= 15 is 0 Å². The summed E-state index contributed by atoms with van der Waals surface area (Å²) in [5.41, 5.74) is 0.559. The van der Waals surface area contributed by atoms with Crippen LogP contribution in [0.15, 0.2) is 12.3 Å². The molecule has 1 aromatic heterocycles. The van der Waals surface area contributed by atoms with E-state index in [1.54, 1.807) is 0 Å². The molecule has 1 amide bonds. The lowest BCUT2D eigenvalue weighted by Gasteiger charge is -2.23. The van der Waals surface area contributed by atoms with Crippen LogP contribution in [0.5, 0.6) is 0 Å². The average Bonchev–Trinajstić information content (AvgIpc) is 3.32. The van der Waals surface area contributed by atoms with Crippen LogP contribution in [-0.2, 0) is 0 Å². The number of nitrogens with zero attached hydrogens (tertiary/aromatic N) is 2. The first kappa shape index (κ1) is 17.7. The summed E-state index contributed by atoms with van der Waals surface area (Å²) >= 11 is 0. The molecule has 3 fully saturated rings. The van der Waals surface area contributed by atoms with Crippen LogP contribution in [-0.4, -0.2) is 35.3 Å². The lowest BCUT2D eigenvalue weighted by molar-refractivity contribution is 0.0943. The van der Waals surface area contributed by atoms with Gasteiger partial charge in [0.05, 0.1) is 6.04 Å². The first-order chi connectivity index (χ1) is 11.3. The van der Waals surface area contributed by atoms with E-state index in [1.165, 1.54) is 32.1 Å². The van der Waals surface area contributed by atoms with Gasteiger partial charge in [-0.2, -0.15) is 5.10 Å². The molecule has 2 N–H and O–H groups in total. The predicted molar refractivity (Wildman–Crippen MR) is 96.5 cm³/mol. The Morgan fingerprint density at radius 1 is 1.33 bits per heavy atom. The first-order valence-electron chi connectivity index (χ1n) is 9.33. The summed E-state index contributed by atoms with van der Waals surface area (Å²) in [6.07, 6.45) is 11.1. The number of amides is 1. The van der Waals surface area contributed by atoms with E-state index < -0.39 is 0 Å². The molecule has 3 aliphatic rings. The van der Waals surface area contributed by atoms with Crippen LogP contribution in [0.1, 0.15) is 61.5 Å². The molecule has 134 valence electrons. The van der Waals surface area contributed by atoms with E-state index in [0.29, 0.717) is 11.7 Å². The number of halogens is 1. The van der Waals surface area contributed by atoms with E-state index in [4.69, 9.17) is 0 Å². The topological polar surface area (TPSA) is 59.0 Å². The number of carbonyl (C=O) groups is 1. The Kier molecular flexibility index (Phi) is 5.82. The van der Waals surface area contributed by atoms with Gasteiger partial charge in [0.2, 0.25) is 0 Å². The summed E-state index contributed by atoms with van der Waals surface area (Å²) < 4.78 is 1.96. The molecule has 2 bridgehead atoms. The van der Waals surface area contributed by atoms with Gasteiger partial charge < -0.3 is 10.6 Å². The number of fused-ring (bicyclic) bond motifs is 2. The van der Waals surface area contributed by atoms with Crippen molar-refractivity contribution in [1.29, 1.82) is 0 Å². The molecule has 0 spiro atoms. The van der Waals surface area contributed by atoms with Crippen LogP contribution >= 0.6 is 12.4 Å². The number of nitrogens with one attached hydrogen (secondary N) is 2. The fourth-order valence-corrected chi connectivity index (χ4v) is 4.91. The number of rotatable bonds is 5. The minimum Gasteiger partial charge on any atom is -0.351 e. The monoisotopic (exact) mass is 352 g/mol. The number of piperidine rings is 1. The third-order valence-electron chi connectivity index (χ3n) is 6.17. The van der Waals surface area contributed by atoms with Gasteiger partial charge in [0.15, 0.2) is 0 Å². The van der Waals surface area contributed by atoms with Crippen molar-refractivity contribution in [2.75, 3.05) is 19.6 Å². The van der Waals surface area contributed by atoms with Crippen molar-refractivity contribution >= 4 is 18.3 Å². The molecule has 4 atom stereocenters. The maximum atomic E-state index is 12.3. The second kappa shape index (κ2) is 7.87. The second-order valence-corrected chi connectivity index (χ2v) is 7.66. The van der Waals surface area contributed by atoms with Crippen LogP contribution in [0.25, 0.3) is 0 Å². The molecule has 0 radical (unpaired) electrons. The molecular formula is C18H29ClN4O. The largest absolute Gasteiger partial charge is 0.351 e. The zero-order valence-corrected chi connectivity index (χ0v) is 15.1. The van der Waals surface area contributed by atoms with Crippen molar-refractivity contribution in [2.45, 2.75) is 51.0 Å². The molecule has 4 rings (SSSR count). The standard InChI is InChI=1S/C18H28N4O.ClH/c23-18(20-8-5-15-11-13-3-4-14(15)10-13)17-6-9-22(21-17)16-2-1-7-19-12-16;/h6,9,13-16,19H,1-5,7-8,10-12H2,(H,20,23);1H. The number of carbonyl (C=O) groups excluding carboxylic acids is 1. The molecular weight excluding hydrogens is 324 g/mol. The van der Waals surface area contributed by atoms with Gasteiger partial charge in [-0.05, 0) is 68.9 Å². The molecule has 1 aliphatic heterocycles. The summed E-state index contributed by atoms with van der Waals surface area (Å²) in [5.74, 6) is 2.76. The van der Waals surface area contributed by atoms with Gasteiger partial charge in [-0.25, -0.2) is 0 Å².